The molecule has 2 bridgehead atoms. The number of anilines is 1. The summed E-state index contributed by atoms with van der Waals surface area (Å²) in [5, 5.41) is 13.1. The molecule has 68 heavy (non-hydrogen) atoms. The molecule has 18 nitrogen and oxygen atoms in total. The lowest BCUT2D eigenvalue weighted by Gasteiger charge is -2.63. The number of nitrogens with one attached hydrogen (secondary N) is 1. The summed E-state index contributed by atoms with van der Waals surface area (Å²) in [4.78, 5) is 69.9. The first kappa shape index (κ1) is 48.3. The molecule has 7 heterocycles. The number of aromatic amines is 1. The maximum atomic E-state index is 15.5. The van der Waals surface area contributed by atoms with Crippen molar-refractivity contribution in [3.8, 4) is 5.75 Å². The fraction of sp³-hybridized carbons (Fsp3) is 0.583. The number of likely N-dealkylation sites (N-methyl/N-ethyl adjacent to an activating group) is 1. The normalized spacial score (nSPS) is 34.7. The molecule has 3 aromatic rings. The highest BCUT2D eigenvalue weighted by atomic mass is 35.5. The molecule has 2 N–H and O–H groups in total. The van der Waals surface area contributed by atoms with Gasteiger partial charge in [0.1, 0.15) is 11.2 Å². The van der Waals surface area contributed by atoms with Crippen molar-refractivity contribution in [2.24, 2.45) is 11.3 Å². The van der Waals surface area contributed by atoms with Crippen molar-refractivity contribution in [1.29, 1.82) is 0 Å². The Bertz CT molecular complexity index is 2710. The molecular weight excluding hydrogens is 922 g/mol. The van der Waals surface area contributed by atoms with Crippen molar-refractivity contribution in [2.75, 3.05) is 71.3 Å². The number of imide groups is 1. The maximum absolute atomic E-state index is 15.5. The largest absolute Gasteiger partial charge is 0.759 e. The number of carbonyl (C=O) groups excluding carboxylic acids is 4. The number of nitrogens with zero attached hydrogens (tertiary/aromatic N) is 4. The zero-order valence-electron chi connectivity index (χ0n) is 39.0. The monoisotopic (exact) mass is 979 g/mol. The van der Waals surface area contributed by atoms with Crippen LogP contribution in [0.5, 0.6) is 5.75 Å². The quantitative estimate of drug-likeness (QED) is 0.0818. The first-order valence-electron chi connectivity index (χ1n) is 23.2. The summed E-state index contributed by atoms with van der Waals surface area (Å²) in [5.74, 6) is -1.29. The van der Waals surface area contributed by atoms with E-state index in [9.17, 15) is 14.7 Å². The summed E-state index contributed by atoms with van der Waals surface area (Å²) in [6.07, 6.45) is 5.22. The Kier molecular flexibility index (Phi) is 12.1. The van der Waals surface area contributed by atoms with E-state index in [2.05, 4.69) is 39.1 Å². The third-order valence-corrected chi connectivity index (χ3v) is 16.6. The van der Waals surface area contributed by atoms with E-state index in [1.165, 1.54) is 14.0 Å². The molecule has 20 heteroatoms. The van der Waals surface area contributed by atoms with Gasteiger partial charge in [-0.2, -0.15) is 0 Å². The number of benzene rings is 2. The second kappa shape index (κ2) is 17.0. The fourth-order valence-corrected chi connectivity index (χ4v) is 14.4. The molecule has 2 amide bonds. The molecule has 2 aromatic carbocycles. The number of esters is 2. The number of carbonyl (C=O) groups is 4. The number of H-pyrrole nitrogens is 1. The zero-order chi connectivity index (χ0) is 48.9. The van der Waals surface area contributed by atoms with Crippen LogP contribution < -0.4 is 9.64 Å². The molecule has 10 rings (SSSR count). The van der Waals surface area contributed by atoms with E-state index in [4.69, 9.17) is 48.1 Å². The minimum Gasteiger partial charge on any atom is -0.759 e. The SMILES string of the molecule is CC[C@]1(O)C[C@H]2CN(CCc3c([nH]c4ccccc34)[C@@](C(=O)OC)(c3cc4c(cc3OC)N(C)[C@H]3[C@]5(OC(=O)N(CCCl)C5=O)[C@H](OC(C)=O)[C@]5(CC)C=CCN6CC[C@]43[C@@H]65)C2)C1.O=S(=O)([O-])[O-]. The van der Waals surface area contributed by atoms with Gasteiger partial charge in [0.2, 0.25) is 0 Å². The number of fused-ring (bicyclic) bond motifs is 7. The number of hydrogen-bond donors (Lipinski definition) is 2. The lowest BCUT2D eigenvalue weighted by molar-refractivity contribution is -0.210. The van der Waals surface area contributed by atoms with Crippen LogP contribution in [0.4, 0.5) is 10.5 Å². The predicted molar refractivity (Wildman–Crippen MR) is 246 cm³/mol. The number of aliphatic hydroxyl groups is 1. The Morgan fingerprint density at radius 3 is 2.44 bits per heavy atom. The Hall–Kier alpha value is -4.76. The maximum Gasteiger partial charge on any atom is 0.417 e. The molecule has 0 radical (unpaired) electrons. The highest BCUT2D eigenvalue weighted by molar-refractivity contribution is 7.79. The van der Waals surface area contributed by atoms with Crippen LogP contribution in [0.25, 0.3) is 10.9 Å². The number of rotatable bonds is 8. The van der Waals surface area contributed by atoms with Gasteiger partial charge in [-0.25, -0.2) is 9.69 Å². The third-order valence-electron chi connectivity index (χ3n) is 16.4. The highest BCUT2D eigenvalue weighted by Crippen LogP contribution is 2.69. The van der Waals surface area contributed by atoms with E-state index in [1.54, 1.807) is 7.11 Å². The van der Waals surface area contributed by atoms with Crippen LogP contribution in [-0.4, -0.2) is 162 Å². The number of piperidine rings is 1. The number of amides is 2. The fourth-order valence-electron chi connectivity index (χ4n) is 14.2. The number of aromatic nitrogens is 1. The standard InChI is InChI=1S/C48H58ClN5O9.H2O4S/c1-7-44(59)24-29-25-47(42(57)61-6,37-31(14-19-52(26-29)27-44)30-12-9-10-13-34(30)50-37)33-22-32-35(23-36(33)60-5)51(4)39-46(32)16-20-53-18-11-15-45(8-2,38(46)53)40(62-28(3)55)48(39)41(56)54(21-17-49)43(58)63-48;1-5(2,3)4/h9-13,15,22-23,29,38-40,50,59H,7-8,14,16-21,24-27H2,1-6H3;(H2,1,2,3,4)/p-2/t29-,38+,39-,40-,44+,45-,46-,47+,48+;/m1./s1. The van der Waals surface area contributed by atoms with E-state index in [0.29, 0.717) is 82.6 Å². The summed E-state index contributed by atoms with van der Waals surface area (Å²) in [7, 11) is -0.224. The smallest absolute Gasteiger partial charge is 0.417 e. The van der Waals surface area contributed by atoms with Gasteiger partial charge in [-0.3, -0.25) is 32.6 Å². The van der Waals surface area contributed by atoms with Crippen molar-refractivity contribution in [3.05, 3.63) is 70.9 Å². The van der Waals surface area contributed by atoms with Gasteiger partial charge in [-0.05, 0) is 74.2 Å². The van der Waals surface area contributed by atoms with Gasteiger partial charge in [-0.1, -0.05) is 44.2 Å². The first-order valence-corrected chi connectivity index (χ1v) is 25.1. The van der Waals surface area contributed by atoms with Crippen molar-refractivity contribution < 1.29 is 60.8 Å². The minimum atomic E-state index is -5.17. The number of halogens is 1. The van der Waals surface area contributed by atoms with E-state index < -0.39 is 73.9 Å². The third kappa shape index (κ3) is 6.92. The Morgan fingerprint density at radius 1 is 1.04 bits per heavy atom. The van der Waals surface area contributed by atoms with Crippen LogP contribution in [0.1, 0.15) is 75.3 Å². The Balaban J connectivity index is 0.00000110. The van der Waals surface area contributed by atoms with Crippen LogP contribution >= 0.6 is 11.6 Å². The van der Waals surface area contributed by atoms with Gasteiger partial charge in [0.15, 0.2) is 6.10 Å². The topological polar surface area (TPSA) is 234 Å². The number of para-hydroxylation sites is 1. The van der Waals surface area contributed by atoms with E-state index in [1.807, 2.05) is 50.1 Å². The van der Waals surface area contributed by atoms with Crippen LogP contribution in [0.3, 0.4) is 0 Å². The molecule has 2 spiro atoms. The lowest BCUT2D eigenvalue weighted by atomic mass is 9.47. The van der Waals surface area contributed by atoms with Crippen molar-refractivity contribution in [1.82, 2.24) is 19.7 Å². The molecule has 1 aromatic heterocycles. The van der Waals surface area contributed by atoms with Gasteiger partial charge < -0.3 is 43.0 Å². The lowest BCUT2D eigenvalue weighted by Crippen LogP contribution is -2.81. The molecule has 10 atom stereocenters. The van der Waals surface area contributed by atoms with Gasteiger partial charge >= 0.3 is 18.0 Å². The van der Waals surface area contributed by atoms with Gasteiger partial charge in [0.05, 0.1) is 25.9 Å². The predicted octanol–water partition coefficient (Wildman–Crippen LogP) is 3.71. The van der Waals surface area contributed by atoms with Crippen molar-refractivity contribution >= 4 is 62.5 Å². The van der Waals surface area contributed by atoms with Crippen LogP contribution in [0, 0.1) is 11.3 Å². The average Bonchev–Trinajstić information content (AvgIpc) is 4.01. The van der Waals surface area contributed by atoms with Crippen LogP contribution in [0.15, 0.2) is 48.6 Å². The molecular formula is C48H58ClN5O13S-2. The van der Waals surface area contributed by atoms with Gasteiger partial charge in [0, 0.05) is 114 Å². The highest BCUT2D eigenvalue weighted by Gasteiger charge is 2.84. The Labute approximate surface area is 400 Å². The molecule has 368 valence electrons. The summed E-state index contributed by atoms with van der Waals surface area (Å²) in [5.41, 5.74) is -1.32. The zero-order valence-corrected chi connectivity index (χ0v) is 40.6. The average molecular weight is 981 g/mol. The van der Waals surface area contributed by atoms with E-state index in [0.717, 1.165) is 38.3 Å². The summed E-state index contributed by atoms with van der Waals surface area (Å²) in [6.45, 7) is 8.54. The molecule has 3 saturated heterocycles. The first-order chi connectivity index (χ1) is 32.2. The van der Waals surface area contributed by atoms with Crippen molar-refractivity contribution in [3.63, 3.8) is 0 Å². The summed E-state index contributed by atoms with van der Waals surface area (Å²) in [6, 6.07) is 11.1. The summed E-state index contributed by atoms with van der Waals surface area (Å²) >= 11 is 6.24. The molecule has 7 aliphatic rings. The second-order valence-electron chi connectivity index (χ2n) is 19.6. The van der Waals surface area contributed by atoms with E-state index >= 15 is 9.59 Å². The second-order valence-corrected chi connectivity index (χ2v) is 20.8. The molecule has 4 fully saturated rings. The Morgan fingerprint density at radius 2 is 1.78 bits per heavy atom. The number of ether oxygens (including phenoxy) is 4. The van der Waals surface area contributed by atoms with E-state index in [-0.39, 0.29) is 24.4 Å². The van der Waals surface area contributed by atoms with Crippen LogP contribution in [0.2, 0.25) is 0 Å². The number of alkyl halides is 1. The van der Waals surface area contributed by atoms with Gasteiger partial charge in [-0.15, -0.1) is 11.6 Å². The van der Waals surface area contributed by atoms with Crippen LogP contribution in [-0.2, 0) is 56.2 Å². The number of hydrogen-bond acceptors (Lipinski definition) is 16. The number of methoxy groups -OCH3 is 2. The van der Waals surface area contributed by atoms with Gasteiger partial charge in [0.25, 0.3) is 11.5 Å². The molecule has 1 saturated carbocycles. The summed E-state index contributed by atoms with van der Waals surface area (Å²) < 4.78 is 59.5. The molecule has 1 unspecified atom stereocenters. The minimum absolute atomic E-state index is 0.00340. The molecule has 6 aliphatic heterocycles. The molecule has 1 aliphatic carbocycles. The van der Waals surface area contributed by atoms with Crippen molar-refractivity contribution in [2.45, 2.75) is 99.5 Å².